The zero-order valence-corrected chi connectivity index (χ0v) is 16.8. The number of nitrogens with zero attached hydrogens (tertiary/aromatic N) is 1. The molecule has 3 aromatic rings. The molecule has 0 amide bonds. The van der Waals surface area contributed by atoms with Gasteiger partial charge in [0.1, 0.15) is 5.75 Å². The van der Waals surface area contributed by atoms with Crippen LogP contribution in [-0.4, -0.2) is 25.0 Å². The van der Waals surface area contributed by atoms with Crippen molar-refractivity contribution in [3.05, 3.63) is 101 Å². The highest BCUT2D eigenvalue weighted by atomic mass is 32.2. The van der Waals surface area contributed by atoms with E-state index in [1.807, 2.05) is 6.92 Å². The van der Waals surface area contributed by atoms with Crippen molar-refractivity contribution in [1.29, 1.82) is 0 Å². The molecular formula is C23H18N2O4S. The van der Waals surface area contributed by atoms with Crippen LogP contribution < -0.4 is 5.32 Å². The molecule has 0 bridgehead atoms. The molecule has 0 aliphatic heterocycles. The lowest BCUT2D eigenvalue weighted by Gasteiger charge is -2.18. The fourth-order valence-electron chi connectivity index (χ4n) is 3.09. The van der Waals surface area contributed by atoms with Gasteiger partial charge in [-0.2, -0.15) is 12.8 Å². The number of aromatic hydroxyl groups is 1. The molecule has 0 saturated carbocycles. The van der Waals surface area contributed by atoms with Crippen LogP contribution in [0.15, 0.2) is 93.9 Å². The minimum Gasteiger partial charge on any atom is -0.508 e. The van der Waals surface area contributed by atoms with E-state index in [9.17, 15) is 18.3 Å². The van der Waals surface area contributed by atoms with E-state index in [1.54, 1.807) is 48.5 Å². The van der Waals surface area contributed by atoms with Gasteiger partial charge in [0, 0.05) is 16.8 Å². The zero-order chi connectivity index (χ0) is 21.3. The van der Waals surface area contributed by atoms with Crippen LogP contribution in [-0.2, 0) is 10.0 Å². The van der Waals surface area contributed by atoms with Crippen LogP contribution in [0.2, 0.25) is 0 Å². The van der Waals surface area contributed by atoms with Crippen molar-refractivity contribution in [2.24, 2.45) is 4.40 Å². The number of rotatable bonds is 4. The maximum absolute atomic E-state index is 12.9. The number of carbonyl (C=O) groups excluding carboxylic acids is 1. The first-order valence-electron chi connectivity index (χ1n) is 9.17. The normalized spacial score (nSPS) is 14.9. The number of hydrogen-bond donors (Lipinski definition) is 2. The first kappa shape index (κ1) is 19.6. The van der Waals surface area contributed by atoms with E-state index in [1.165, 1.54) is 30.3 Å². The molecule has 0 radical (unpaired) electrons. The minimum atomic E-state index is -3.97. The number of allylic oxidation sites excluding steroid dienone is 2. The summed E-state index contributed by atoms with van der Waals surface area (Å²) in [5.41, 5.74) is 2.70. The van der Waals surface area contributed by atoms with Gasteiger partial charge in [-0.15, -0.1) is 0 Å². The fraction of sp³-hybridized carbons (Fsp3) is 0.0435. The number of anilines is 1. The van der Waals surface area contributed by atoms with Crippen LogP contribution in [0.5, 0.6) is 5.75 Å². The monoisotopic (exact) mass is 418 g/mol. The number of hydrogen-bond acceptors (Lipinski definition) is 5. The van der Waals surface area contributed by atoms with E-state index < -0.39 is 10.0 Å². The Labute approximate surface area is 174 Å². The number of phenolic OH excluding ortho intramolecular Hbond substituents is 1. The van der Waals surface area contributed by atoms with Gasteiger partial charge >= 0.3 is 0 Å². The standard InChI is InChI=1S/C23H18N2O4S/c1-15-6-12-18(13-7-15)30(28,29)25-21-14-22(24-16-8-10-17(26)11-9-16)23(27)20-5-3-2-4-19(20)21/h2-14,24,26H,1H3/b25-21+. The van der Waals surface area contributed by atoms with Crippen LogP contribution in [0.3, 0.4) is 0 Å². The van der Waals surface area contributed by atoms with E-state index in [0.29, 0.717) is 16.8 Å². The van der Waals surface area contributed by atoms with Crippen molar-refractivity contribution in [1.82, 2.24) is 0 Å². The largest absolute Gasteiger partial charge is 0.508 e. The highest BCUT2D eigenvalue weighted by Gasteiger charge is 2.26. The minimum absolute atomic E-state index is 0.0800. The summed E-state index contributed by atoms with van der Waals surface area (Å²) in [6, 6.07) is 19.4. The topological polar surface area (TPSA) is 95.8 Å². The molecule has 0 saturated heterocycles. The Morgan fingerprint density at radius 1 is 0.867 bits per heavy atom. The second-order valence-electron chi connectivity index (χ2n) is 6.87. The number of Topliss-reactive ketones (excluding diaryl/α,β-unsaturated/α-hetero) is 1. The summed E-state index contributed by atoms with van der Waals surface area (Å²) < 4.78 is 29.7. The summed E-state index contributed by atoms with van der Waals surface area (Å²) in [6.07, 6.45) is 1.43. The Balaban J connectivity index is 1.80. The molecule has 2 N–H and O–H groups in total. The number of aryl methyl sites for hydroxylation is 1. The molecular weight excluding hydrogens is 400 g/mol. The Kier molecular flexibility index (Phi) is 4.97. The predicted molar refractivity (Wildman–Crippen MR) is 115 cm³/mol. The van der Waals surface area contributed by atoms with Gasteiger partial charge < -0.3 is 10.4 Å². The predicted octanol–water partition coefficient (Wildman–Crippen LogP) is 4.07. The molecule has 1 aliphatic carbocycles. The van der Waals surface area contributed by atoms with E-state index in [4.69, 9.17) is 0 Å². The number of nitrogens with one attached hydrogen (secondary N) is 1. The van der Waals surface area contributed by atoms with Gasteiger partial charge in [-0.1, -0.05) is 42.0 Å². The highest BCUT2D eigenvalue weighted by molar-refractivity contribution is 7.90. The number of fused-ring (bicyclic) bond motifs is 1. The lowest BCUT2D eigenvalue weighted by atomic mass is 9.92. The average molecular weight is 418 g/mol. The molecule has 6 nitrogen and oxygen atoms in total. The molecule has 0 unspecified atom stereocenters. The van der Waals surface area contributed by atoms with Crippen molar-refractivity contribution >= 4 is 27.2 Å². The lowest BCUT2D eigenvalue weighted by molar-refractivity contribution is 0.103. The number of carbonyl (C=O) groups is 1. The molecule has 0 fully saturated rings. The second kappa shape index (κ2) is 7.61. The van der Waals surface area contributed by atoms with Crippen LogP contribution in [0, 0.1) is 6.92 Å². The van der Waals surface area contributed by atoms with Crippen molar-refractivity contribution in [2.45, 2.75) is 11.8 Å². The quantitative estimate of drug-likeness (QED) is 0.623. The van der Waals surface area contributed by atoms with Gasteiger partial charge in [0.2, 0.25) is 5.78 Å². The number of phenols is 1. The summed E-state index contributed by atoms with van der Waals surface area (Å²) in [5, 5.41) is 12.4. The average Bonchev–Trinajstić information content (AvgIpc) is 2.73. The van der Waals surface area contributed by atoms with Crippen LogP contribution in [0.25, 0.3) is 0 Å². The third-order valence-corrected chi connectivity index (χ3v) is 5.96. The third kappa shape index (κ3) is 3.88. The van der Waals surface area contributed by atoms with Gasteiger partial charge in [0.25, 0.3) is 10.0 Å². The smallest absolute Gasteiger partial charge is 0.282 e. The third-order valence-electron chi connectivity index (χ3n) is 4.66. The summed E-state index contributed by atoms with van der Waals surface area (Å²) in [6.45, 7) is 1.87. The van der Waals surface area contributed by atoms with Gasteiger partial charge in [0.15, 0.2) is 0 Å². The van der Waals surface area contributed by atoms with E-state index >= 15 is 0 Å². The van der Waals surface area contributed by atoms with Gasteiger partial charge in [-0.25, -0.2) is 0 Å². The van der Waals surface area contributed by atoms with Crippen LogP contribution in [0.4, 0.5) is 5.69 Å². The van der Waals surface area contributed by atoms with E-state index in [-0.39, 0.29) is 27.8 Å². The summed E-state index contributed by atoms with van der Waals surface area (Å²) in [7, 11) is -3.97. The van der Waals surface area contributed by atoms with Gasteiger partial charge in [-0.05, 0) is 49.4 Å². The summed E-state index contributed by atoms with van der Waals surface area (Å²) in [4.78, 5) is 13.0. The molecule has 7 heteroatoms. The lowest BCUT2D eigenvalue weighted by Crippen LogP contribution is -2.22. The molecule has 0 aromatic heterocycles. The Hall–Kier alpha value is -3.71. The second-order valence-corrected chi connectivity index (χ2v) is 8.47. The Morgan fingerprint density at radius 3 is 2.17 bits per heavy atom. The molecule has 0 atom stereocenters. The molecule has 150 valence electrons. The molecule has 30 heavy (non-hydrogen) atoms. The summed E-state index contributed by atoms with van der Waals surface area (Å²) in [5.74, 6) is -0.174. The molecule has 1 aliphatic rings. The summed E-state index contributed by atoms with van der Waals surface area (Å²) >= 11 is 0. The molecule has 4 rings (SSSR count). The van der Waals surface area contributed by atoms with Crippen LogP contribution >= 0.6 is 0 Å². The van der Waals surface area contributed by atoms with Crippen molar-refractivity contribution in [3.63, 3.8) is 0 Å². The van der Waals surface area contributed by atoms with Crippen molar-refractivity contribution in [2.75, 3.05) is 5.32 Å². The maximum atomic E-state index is 12.9. The van der Waals surface area contributed by atoms with E-state index in [2.05, 4.69) is 9.71 Å². The molecule has 0 heterocycles. The number of ketones is 1. The van der Waals surface area contributed by atoms with E-state index in [0.717, 1.165) is 5.56 Å². The van der Waals surface area contributed by atoms with Gasteiger partial charge in [-0.3, -0.25) is 4.79 Å². The SMILES string of the molecule is Cc1ccc(S(=O)(=O)/N=C2\C=C(Nc3ccc(O)cc3)C(=O)c3ccccc32)cc1. The number of sulfonamides is 1. The fourth-order valence-corrected chi connectivity index (χ4v) is 4.09. The Bertz CT molecular complexity index is 1290. The van der Waals surface area contributed by atoms with Crippen molar-refractivity contribution < 1.29 is 18.3 Å². The molecule has 3 aromatic carbocycles. The first-order valence-corrected chi connectivity index (χ1v) is 10.6. The van der Waals surface area contributed by atoms with Gasteiger partial charge in [0.05, 0.1) is 16.3 Å². The number of benzene rings is 3. The highest BCUT2D eigenvalue weighted by Crippen LogP contribution is 2.25. The van der Waals surface area contributed by atoms with Crippen molar-refractivity contribution in [3.8, 4) is 5.75 Å². The molecule has 0 spiro atoms. The van der Waals surface area contributed by atoms with Crippen LogP contribution in [0.1, 0.15) is 21.5 Å². The Morgan fingerprint density at radius 2 is 1.50 bits per heavy atom. The maximum Gasteiger partial charge on any atom is 0.282 e. The first-order chi connectivity index (χ1) is 14.3. The zero-order valence-electron chi connectivity index (χ0n) is 16.0.